The normalized spacial score (nSPS) is 12.8. The predicted octanol–water partition coefficient (Wildman–Crippen LogP) is 2.15. The van der Waals surface area contributed by atoms with E-state index in [2.05, 4.69) is 30.7 Å². The van der Waals surface area contributed by atoms with Crippen molar-refractivity contribution in [1.29, 1.82) is 0 Å². The molecule has 0 rings (SSSR count). The molecule has 50 valence electrons. The van der Waals surface area contributed by atoms with Gasteiger partial charge in [-0.1, -0.05) is 0 Å². The van der Waals surface area contributed by atoms with E-state index in [-0.39, 0.29) is 0 Å². The third kappa shape index (κ3) is 2.99. The maximum absolute atomic E-state index is 2.52. The fourth-order valence-electron chi connectivity index (χ4n) is 0.474. The molecule has 0 radical (unpaired) electrons. The van der Waals surface area contributed by atoms with Gasteiger partial charge in [0.25, 0.3) is 0 Å². The third-order valence-corrected chi connectivity index (χ3v) is 8.03. The fraction of sp³-hybridized carbons (Fsp3) is 1.00. The summed E-state index contributed by atoms with van der Waals surface area (Å²) in [5.41, 5.74) is 0. The number of hydrogen-bond donors (Lipinski definition) is 0. The van der Waals surface area contributed by atoms with Crippen LogP contribution in [0.4, 0.5) is 0 Å². The number of hydrogen-bond acceptors (Lipinski definition) is 1. The molecule has 0 saturated carbocycles. The van der Waals surface area contributed by atoms with Gasteiger partial charge in [0.2, 0.25) is 0 Å². The van der Waals surface area contributed by atoms with E-state index >= 15 is 0 Å². The Morgan fingerprint density at radius 1 is 1.25 bits per heavy atom. The molecule has 0 spiro atoms. The van der Waals surface area contributed by atoms with Crippen LogP contribution in [-0.4, -0.2) is 16.4 Å². The Morgan fingerprint density at radius 2 is 1.62 bits per heavy atom. The van der Waals surface area contributed by atoms with Crippen molar-refractivity contribution >= 4 is 0 Å². The van der Waals surface area contributed by atoms with Crippen LogP contribution in [0.2, 0.25) is 13.9 Å². The van der Waals surface area contributed by atoms with Gasteiger partial charge in [0, 0.05) is 0 Å². The van der Waals surface area contributed by atoms with Crippen LogP contribution in [0.5, 0.6) is 0 Å². The summed E-state index contributed by atoms with van der Waals surface area (Å²) in [4.78, 5) is 0. The Labute approximate surface area is 57.9 Å². The second-order valence-electron chi connectivity index (χ2n) is 3.18. The van der Waals surface area contributed by atoms with Crippen LogP contribution in [0.1, 0.15) is 6.92 Å². The van der Waals surface area contributed by atoms with E-state index in [1.54, 1.807) is 0 Å². The molecule has 2 heteroatoms. The molecule has 0 saturated heterocycles. The van der Waals surface area contributed by atoms with Gasteiger partial charge in [-0.25, -0.2) is 0 Å². The molecule has 0 atom stereocenters. The minimum absolute atomic E-state index is 1.22. The SMILES string of the molecule is CC[N](C)[Zr]([CH3])([CH3])[CH3]. The molecular weight excluding hydrogens is 177 g/mol. The molecular formula is C6H17NZr. The van der Waals surface area contributed by atoms with E-state index in [1.807, 2.05) is 0 Å². The Balaban J connectivity index is 3.62. The van der Waals surface area contributed by atoms with Gasteiger partial charge >= 0.3 is 57.8 Å². The summed E-state index contributed by atoms with van der Waals surface area (Å²) in [7, 11) is 2.23. The van der Waals surface area contributed by atoms with E-state index in [0.717, 1.165) is 0 Å². The van der Waals surface area contributed by atoms with Crippen LogP contribution in [0.25, 0.3) is 0 Å². The average Bonchev–Trinajstić information content (AvgIpc) is 1.62. The van der Waals surface area contributed by atoms with Crippen LogP contribution in [-0.2, 0) is 20.6 Å². The standard InChI is InChI=1S/C3H8N.3CH3.Zr/c1-3-4-2;;;;/h3H2,1-2H3;3*1H3;/q-1;;;;+1. The summed E-state index contributed by atoms with van der Waals surface area (Å²) < 4.78 is 9.81. The molecule has 0 unspecified atom stereocenters. The van der Waals surface area contributed by atoms with Gasteiger partial charge in [-0.15, -0.1) is 0 Å². The molecule has 0 aliphatic rings. The monoisotopic (exact) mass is 193 g/mol. The van der Waals surface area contributed by atoms with Crippen molar-refractivity contribution in [2.45, 2.75) is 20.8 Å². The predicted molar refractivity (Wildman–Crippen MR) is 35.9 cm³/mol. The molecule has 0 amide bonds. The van der Waals surface area contributed by atoms with Gasteiger partial charge in [-0.05, 0) is 0 Å². The van der Waals surface area contributed by atoms with Crippen molar-refractivity contribution < 1.29 is 20.6 Å². The molecule has 0 aromatic carbocycles. The van der Waals surface area contributed by atoms with E-state index in [0.29, 0.717) is 0 Å². The molecule has 0 aliphatic heterocycles. The molecule has 0 aromatic rings. The summed E-state index contributed by atoms with van der Waals surface area (Å²) in [5, 5.41) is 0. The first kappa shape index (κ1) is 8.84. The van der Waals surface area contributed by atoms with Crippen molar-refractivity contribution in [2.75, 3.05) is 13.6 Å². The molecule has 8 heavy (non-hydrogen) atoms. The van der Waals surface area contributed by atoms with Gasteiger partial charge in [0.15, 0.2) is 0 Å². The first-order valence-electron chi connectivity index (χ1n) is 3.19. The summed E-state index contributed by atoms with van der Waals surface area (Å²) in [5.74, 6) is 0. The molecule has 1 nitrogen and oxygen atoms in total. The first-order valence-corrected chi connectivity index (χ1v) is 11.7. The summed E-state index contributed by atoms with van der Waals surface area (Å²) >= 11 is -1.58. The van der Waals surface area contributed by atoms with Crippen molar-refractivity contribution in [1.82, 2.24) is 2.84 Å². The van der Waals surface area contributed by atoms with Gasteiger partial charge in [0.1, 0.15) is 0 Å². The second-order valence-corrected chi connectivity index (χ2v) is 15.7. The van der Waals surface area contributed by atoms with Crippen LogP contribution >= 0.6 is 0 Å². The summed E-state index contributed by atoms with van der Waals surface area (Å²) in [6.07, 6.45) is 0. The maximum atomic E-state index is 2.52. The topological polar surface area (TPSA) is 3.24 Å². The molecule has 0 aromatic heterocycles. The second kappa shape index (κ2) is 3.12. The van der Waals surface area contributed by atoms with Crippen LogP contribution in [0.3, 0.4) is 0 Å². The van der Waals surface area contributed by atoms with Gasteiger partial charge < -0.3 is 0 Å². The molecule has 0 fully saturated rings. The van der Waals surface area contributed by atoms with Crippen molar-refractivity contribution in [3.05, 3.63) is 0 Å². The zero-order chi connectivity index (χ0) is 6.78. The third-order valence-electron chi connectivity index (χ3n) is 1.62. The van der Waals surface area contributed by atoms with Gasteiger partial charge in [-0.2, -0.15) is 0 Å². The quantitative estimate of drug-likeness (QED) is 0.651. The van der Waals surface area contributed by atoms with Crippen LogP contribution < -0.4 is 0 Å². The molecule has 0 aliphatic carbocycles. The average molecular weight is 194 g/mol. The Hall–Kier alpha value is 0.843. The first-order chi connectivity index (χ1) is 3.48. The fourth-order valence-corrected chi connectivity index (χ4v) is 2.81. The summed E-state index contributed by atoms with van der Waals surface area (Å²) in [6.45, 7) is 3.45. The van der Waals surface area contributed by atoms with Crippen LogP contribution in [0, 0.1) is 0 Å². The zero-order valence-corrected chi connectivity index (χ0v) is 9.11. The molecule has 0 bridgehead atoms. The van der Waals surface area contributed by atoms with Crippen molar-refractivity contribution in [3.8, 4) is 0 Å². The Kier molecular flexibility index (Phi) is 3.45. The van der Waals surface area contributed by atoms with E-state index < -0.39 is 20.6 Å². The van der Waals surface area contributed by atoms with E-state index in [4.69, 9.17) is 0 Å². The zero-order valence-electron chi connectivity index (χ0n) is 6.65. The van der Waals surface area contributed by atoms with E-state index in [1.165, 1.54) is 6.54 Å². The molecule has 0 heterocycles. The van der Waals surface area contributed by atoms with Crippen molar-refractivity contribution in [3.63, 3.8) is 0 Å². The summed E-state index contributed by atoms with van der Waals surface area (Å²) in [6, 6.07) is 0. The number of nitrogens with zero attached hydrogens (tertiary/aromatic N) is 1. The number of rotatable bonds is 2. The van der Waals surface area contributed by atoms with E-state index in [9.17, 15) is 0 Å². The Morgan fingerprint density at radius 3 is 1.62 bits per heavy atom. The van der Waals surface area contributed by atoms with Gasteiger partial charge in [0.05, 0.1) is 0 Å². The van der Waals surface area contributed by atoms with Gasteiger partial charge in [-0.3, -0.25) is 0 Å². The van der Waals surface area contributed by atoms with Crippen LogP contribution in [0.15, 0.2) is 0 Å². The van der Waals surface area contributed by atoms with Crippen molar-refractivity contribution in [2.24, 2.45) is 0 Å². The molecule has 0 N–H and O–H groups in total. The minimum atomic E-state index is -1.58. The Bertz CT molecular complexity index is 65.4.